The summed E-state index contributed by atoms with van der Waals surface area (Å²) in [6, 6.07) is 17.6. The van der Waals surface area contributed by atoms with Gasteiger partial charge in [-0.25, -0.2) is 14.6 Å². The molecule has 3 amide bonds. The molecule has 0 spiro atoms. The molecule has 0 aliphatic carbocycles. The van der Waals surface area contributed by atoms with Crippen molar-refractivity contribution in [1.82, 2.24) is 20.5 Å². The topological polar surface area (TPSA) is 186 Å². The molecule has 1 fully saturated rings. The number of cyclic esters (lactones) is 2. The lowest BCUT2D eigenvalue weighted by atomic mass is 9.92. The maximum Gasteiger partial charge on any atom is 0.407 e. The number of carbonyl (C=O) groups excluding carboxylic acids is 4. The molecule has 2 aromatic carbocycles. The van der Waals surface area contributed by atoms with E-state index < -0.39 is 53.5 Å². The van der Waals surface area contributed by atoms with Crippen molar-refractivity contribution in [1.29, 1.82) is 0 Å². The fourth-order valence-electron chi connectivity index (χ4n) is 7.24. The van der Waals surface area contributed by atoms with Gasteiger partial charge in [0, 0.05) is 49.3 Å². The van der Waals surface area contributed by atoms with Crippen LogP contribution in [0.5, 0.6) is 5.75 Å². The third kappa shape index (κ3) is 15.4. The van der Waals surface area contributed by atoms with Crippen molar-refractivity contribution in [3.8, 4) is 5.75 Å². The number of rotatable bonds is 16. The molecule has 352 valence electrons. The molecule has 3 heterocycles. The molecule has 0 radical (unpaired) electrons. The predicted molar refractivity (Wildman–Crippen MR) is 252 cm³/mol. The number of epoxide rings is 1. The third-order valence-electron chi connectivity index (χ3n) is 11.1. The first-order valence-electron chi connectivity index (χ1n) is 21.7. The van der Waals surface area contributed by atoms with Crippen LogP contribution in [0.4, 0.5) is 4.79 Å². The van der Waals surface area contributed by atoms with E-state index in [1.165, 1.54) is 28.9 Å². The number of ether oxygens (including phenoxy) is 4. The highest BCUT2D eigenvalue weighted by atomic mass is 35.5. The largest absolute Gasteiger partial charge is 0.495 e. The van der Waals surface area contributed by atoms with E-state index in [4.69, 9.17) is 30.5 Å². The molecule has 1 saturated heterocycles. The van der Waals surface area contributed by atoms with Crippen molar-refractivity contribution >= 4 is 63.0 Å². The van der Waals surface area contributed by atoms with Crippen LogP contribution >= 0.6 is 33.2 Å². The average molecular weight is 954 g/mol. The van der Waals surface area contributed by atoms with Crippen molar-refractivity contribution in [3.63, 3.8) is 0 Å². The van der Waals surface area contributed by atoms with Gasteiger partial charge in [-0.3, -0.25) is 14.4 Å². The number of carboxylic acid groups (broad SMARTS) is 1. The summed E-state index contributed by atoms with van der Waals surface area (Å²) in [5.74, 6) is -2.39. The third-order valence-corrected chi connectivity index (χ3v) is 14.6. The molecule has 5 rings (SSSR count). The van der Waals surface area contributed by atoms with Crippen molar-refractivity contribution in [2.45, 2.75) is 114 Å². The van der Waals surface area contributed by atoms with E-state index in [2.05, 4.69) is 15.6 Å². The van der Waals surface area contributed by atoms with Crippen LogP contribution in [0.1, 0.15) is 84.1 Å². The Morgan fingerprint density at radius 2 is 1.77 bits per heavy atom. The lowest BCUT2D eigenvalue weighted by Gasteiger charge is -2.30. The normalized spacial score (nSPS) is 22.3. The summed E-state index contributed by atoms with van der Waals surface area (Å²) in [6.07, 6.45) is 1.98. The zero-order valence-corrected chi connectivity index (χ0v) is 40.6. The second-order valence-corrected chi connectivity index (χ2v) is 21.4. The fraction of sp³-hybridized carbons (Fsp3) is 0.500. The number of pyridine rings is 1. The first-order valence-corrected chi connectivity index (χ1v) is 24.3. The first-order chi connectivity index (χ1) is 30.7. The highest BCUT2D eigenvalue weighted by molar-refractivity contribution is 8.77. The monoisotopic (exact) mass is 952 g/mol. The number of carbonyl (C=O) groups is 5. The second kappa shape index (κ2) is 23.1. The van der Waals surface area contributed by atoms with Gasteiger partial charge in [0.05, 0.1) is 23.7 Å². The highest BCUT2D eigenvalue weighted by Crippen LogP contribution is 2.45. The molecule has 3 aromatic rings. The molecule has 2 aliphatic rings. The molecule has 0 unspecified atom stereocenters. The van der Waals surface area contributed by atoms with Crippen LogP contribution in [0.3, 0.4) is 0 Å². The Morgan fingerprint density at radius 1 is 1.05 bits per heavy atom. The Balaban J connectivity index is 1.28. The Labute approximate surface area is 394 Å². The minimum atomic E-state index is -1.25. The van der Waals surface area contributed by atoms with Gasteiger partial charge in [-0.05, 0) is 104 Å². The molecule has 0 saturated carbocycles. The Kier molecular flexibility index (Phi) is 18.2. The predicted octanol–water partition coefficient (Wildman–Crippen LogP) is 8.26. The van der Waals surface area contributed by atoms with Gasteiger partial charge >= 0.3 is 18.0 Å². The van der Waals surface area contributed by atoms with Crippen molar-refractivity contribution < 1.29 is 48.0 Å². The molecule has 0 bridgehead atoms. The lowest BCUT2D eigenvalue weighted by Crippen LogP contribution is -2.51. The number of aromatic nitrogens is 1. The zero-order chi connectivity index (χ0) is 47.5. The molecule has 65 heavy (non-hydrogen) atoms. The van der Waals surface area contributed by atoms with E-state index >= 15 is 0 Å². The van der Waals surface area contributed by atoms with Crippen LogP contribution in [-0.2, 0) is 46.2 Å². The summed E-state index contributed by atoms with van der Waals surface area (Å²) in [5.41, 5.74) is 1.31. The minimum absolute atomic E-state index is 0.0283. The maximum absolute atomic E-state index is 13.9. The Bertz CT molecular complexity index is 2160. The summed E-state index contributed by atoms with van der Waals surface area (Å²) < 4.78 is 23.1. The van der Waals surface area contributed by atoms with E-state index in [1.54, 1.807) is 55.1 Å². The summed E-state index contributed by atoms with van der Waals surface area (Å²) in [6.45, 7) is 13.5. The molecular weight excluding hydrogens is 892 g/mol. The van der Waals surface area contributed by atoms with Crippen LogP contribution in [0, 0.1) is 17.3 Å². The van der Waals surface area contributed by atoms with E-state index in [0.717, 1.165) is 16.2 Å². The van der Waals surface area contributed by atoms with Crippen molar-refractivity contribution in [2.24, 2.45) is 17.3 Å². The molecule has 17 heteroatoms. The number of amides is 3. The summed E-state index contributed by atoms with van der Waals surface area (Å²) in [5, 5.41) is 16.8. The number of methoxy groups -OCH3 is 1. The molecule has 2 aliphatic heterocycles. The van der Waals surface area contributed by atoms with Gasteiger partial charge in [0.1, 0.15) is 29.0 Å². The Hall–Kier alpha value is -4.77. The van der Waals surface area contributed by atoms with Crippen molar-refractivity contribution in [2.75, 3.05) is 26.7 Å². The van der Waals surface area contributed by atoms with Gasteiger partial charge in [0.25, 0.3) is 0 Å². The summed E-state index contributed by atoms with van der Waals surface area (Å²) in [4.78, 5) is 72.6. The van der Waals surface area contributed by atoms with Crippen LogP contribution in [-0.4, -0.2) is 101 Å². The molecular formula is C48H61ClN4O10S2. The molecule has 1 aromatic heterocycles. The van der Waals surface area contributed by atoms with Gasteiger partial charge < -0.3 is 39.6 Å². The van der Waals surface area contributed by atoms with Gasteiger partial charge in [0.15, 0.2) is 6.10 Å². The van der Waals surface area contributed by atoms with E-state index in [0.29, 0.717) is 35.8 Å². The molecule has 14 nitrogen and oxygen atoms in total. The van der Waals surface area contributed by atoms with Crippen LogP contribution < -0.4 is 15.4 Å². The number of esters is 2. The summed E-state index contributed by atoms with van der Waals surface area (Å²) in [7, 11) is 4.60. The fourth-order valence-corrected chi connectivity index (χ4v) is 9.67. The van der Waals surface area contributed by atoms with Gasteiger partial charge in [-0.2, -0.15) is 0 Å². The number of benzene rings is 2. The average Bonchev–Trinajstić information content (AvgIpc) is 4.06. The van der Waals surface area contributed by atoms with Gasteiger partial charge in [0.2, 0.25) is 11.8 Å². The summed E-state index contributed by atoms with van der Waals surface area (Å²) >= 11 is 6.37. The van der Waals surface area contributed by atoms with E-state index in [9.17, 15) is 29.1 Å². The zero-order valence-electron chi connectivity index (χ0n) is 38.2. The SMILES string of the molecule is COc1ccc(C[C@H]2NC(=O)C=CC[C@@H]([C@H](C)[C@@H]3O[C@H]3c3ccc(CCN(CC(C)(C)SSc4ccccn4)C(=O)O)cc3)OC(=O)[C@H](CC(C)C)OC(=O)C(C)(C)CNC2=O)cc1Cl. The maximum atomic E-state index is 13.9. The number of hydrogen-bond donors (Lipinski definition) is 3. The van der Waals surface area contributed by atoms with Crippen LogP contribution in [0.2, 0.25) is 5.02 Å². The molecule has 3 N–H and O–H groups in total. The van der Waals surface area contributed by atoms with Crippen LogP contribution in [0.15, 0.2) is 84.0 Å². The van der Waals surface area contributed by atoms with Crippen molar-refractivity contribution in [3.05, 3.63) is 101 Å². The number of halogens is 1. The number of nitrogens with one attached hydrogen (secondary N) is 2. The standard InChI is InChI=1S/C48H61ClN4O10S2/c1-29(2)24-38-44(56)61-36(12-11-13-39(54)52-35(26-32-17-20-37(60-8)34(49)25-32)43(55)51-27-47(4,5)45(57)62-38)30(3)41-42(63-41)33-18-15-31(16-19-33)21-23-53(46(58)59)28-48(6,7)65-64-40-14-9-10-22-50-40/h9-11,13-20,22,25,29-30,35-36,38,41-42H,12,21,23-24,26-28H2,1-8H3,(H,51,55)(H,52,54)(H,58,59)/t30-,35+,36-,38-,41-,42-/m0/s1. The van der Waals surface area contributed by atoms with Crippen LogP contribution in [0.25, 0.3) is 0 Å². The first kappa shape index (κ1) is 51.2. The Morgan fingerprint density at radius 3 is 2.42 bits per heavy atom. The highest BCUT2D eigenvalue weighted by Gasteiger charge is 2.48. The van der Waals surface area contributed by atoms with E-state index in [1.807, 2.05) is 77.1 Å². The second-order valence-electron chi connectivity index (χ2n) is 18.1. The minimum Gasteiger partial charge on any atom is -0.495 e. The van der Waals surface area contributed by atoms with Gasteiger partial charge in [-0.15, -0.1) is 0 Å². The molecule has 6 atom stereocenters. The smallest absolute Gasteiger partial charge is 0.407 e. The van der Waals surface area contributed by atoms with E-state index in [-0.39, 0.29) is 54.6 Å². The number of hydrogen-bond acceptors (Lipinski definition) is 12. The van der Waals surface area contributed by atoms with Gasteiger partial charge in [-0.1, -0.05) is 85.6 Å². The quantitative estimate of drug-likeness (QED) is 0.0709. The lowest BCUT2D eigenvalue weighted by molar-refractivity contribution is -0.179. The number of nitrogens with zero attached hydrogens (tertiary/aromatic N) is 2.